The van der Waals surface area contributed by atoms with Gasteiger partial charge in [-0.25, -0.2) is 0 Å². The van der Waals surface area contributed by atoms with Crippen LogP contribution in [-0.4, -0.2) is 33.4 Å². The van der Waals surface area contributed by atoms with E-state index in [-0.39, 0.29) is 17.1 Å². The average Bonchev–Trinajstić information content (AvgIpc) is 2.92. The number of aromatic nitrogens is 2. The third kappa shape index (κ3) is 5.00. The van der Waals surface area contributed by atoms with Crippen LogP contribution in [0.1, 0.15) is 27.7 Å². The minimum absolute atomic E-state index is 0.0230. The molecule has 0 saturated carbocycles. The van der Waals surface area contributed by atoms with Crippen molar-refractivity contribution in [2.24, 2.45) is 5.92 Å². The molecule has 0 unspecified atom stereocenters. The monoisotopic (exact) mass is 339 g/mol. The Labute approximate surface area is 139 Å². The Morgan fingerprint density at radius 3 is 2.77 bits per heavy atom. The average molecular weight is 339 g/mol. The molecule has 0 spiro atoms. The van der Waals surface area contributed by atoms with E-state index in [1.807, 2.05) is 13.8 Å². The fourth-order valence-corrected chi connectivity index (χ4v) is 3.25. The first-order valence-electron chi connectivity index (χ1n) is 6.90. The summed E-state index contributed by atoms with van der Waals surface area (Å²) in [5, 5.41) is 23.5. The molecule has 0 fully saturated rings. The van der Waals surface area contributed by atoms with Crippen molar-refractivity contribution >= 4 is 34.1 Å². The van der Waals surface area contributed by atoms with Crippen molar-refractivity contribution in [1.29, 1.82) is 5.26 Å². The van der Waals surface area contributed by atoms with Gasteiger partial charge >= 0.3 is 0 Å². The van der Waals surface area contributed by atoms with E-state index in [0.29, 0.717) is 16.0 Å². The Bertz CT molecular complexity index is 566. The van der Waals surface area contributed by atoms with E-state index in [0.717, 1.165) is 0 Å². The van der Waals surface area contributed by atoms with Crippen LogP contribution in [0.5, 0.6) is 0 Å². The smallest absolute Gasteiger partial charge is 0.234 e. The predicted octanol–water partition coefficient (Wildman–Crippen LogP) is 2.67. The van der Waals surface area contributed by atoms with Crippen LogP contribution in [0.4, 0.5) is 5.13 Å². The summed E-state index contributed by atoms with van der Waals surface area (Å²) in [6.07, 6.45) is 1.74. The van der Waals surface area contributed by atoms with Gasteiger partial charge in [-0.15, -0.1) is 16.8 Å². The van der Waals surface area contributed by atoms with Crippen molar-refractivity contribution in [1.82, 2.24) is 15.5 Å². The minimum Gasteiger partial charge on any atom is -0.357 e. The zero-order valence-corrected chi connectivity index (χ0v) is 14.8. The number of nitriles is 1. The highest BCUT2D eigenvalue weighted by Crippen LogP contribution is 2.29. The van der Waals surface area contributed by atoms with Crippen LogP contribution in [-0.2, 0) is 4.79 Å². The normalized spacial score (nSPS) is 14.7. The number of hydrogen-bond acceptors (Lipinski definition) is 7. The molecule has 120 valence electrons. The minimum atomic E-state index is -0.871. The van der Waals surface area contributed by atoms with Gasteiger partial charge in [0, 0.05) is 6.54 Å². The molecule has 2 N–H and O–H groups in total. The van der Waals surface area contributed by atoms with Gasteiger partial charge < -0.3 is 10.6 Å². The molecule has 1 amide bonds. The molecular weight excluding hydrogens is 318 g/mol. The lowest BCUT2D eigenvalue weighted by atomic mass is 9.90. The summed E-state index contributed by atoms with van der Waals surface area (Å²) in [4.78, 5) is 12.2. The van der Waals surface area contributed by atoms with Crippen LogP contribution in [0.15, 0.2) is 17.0 Å². The Balaban J connectivity index is 2.63. The molecule has 0 aliphatic rings. The standard InChI is InChI=1S/C14H21N5OS2/c1-6-7-16-12-18-19-13(22-12)21-10(4)11(20)17-14(5,8-15)9(2)3/h6,9-10H,1,7H2,2-5H3,(H,16,18)(H,17,20)/t10-,14-/m0/s1. The Morgan fingerprint density at radius 1 is 1.55 bits per heavy atom. The Hall–Kier alpha value is -1.59. The third-order valence-corrected chi connectivity index (χ3v) is 5.29. The molecule has 0 aromatic carbocycles. The summed E-state index contributed by atoms with van der Waals surface area (Å²) >= 11 is 2.71. The van der Waals surface area contributed by atoms with Crippen molar-refractivity contribution in [3.8, 4) is 6.07 Å². The van der Waals surface area contributed by atoms with Gasteiger partial charge in [-0.2, -0.15) is 5.26 Å². The molecule has 1 rings (SSSR count). The van der Waals surface area contributed by atoms with Gasteiger partial charge in [0.1, 0.15) is 5.54 Å². The predicted molar refractivity (Wildman–Crippen MR) is 90.9 cm³/mol. The molecule has 1 aromatic rings. The molecule has 0 aliphatic carbocycles. The summed E-state index contributed by atoms with van der Waals surface area (Å²) in [5.41, 5.74) is -0.871. The Kier molecular flexibility index (Phi) is 6.84. The number of thioether (sulfide) groups is 1. The van der Waals surface area contributed by atoms with E-state index in [9.17, 15) is 10.1 Å². The topological polar surface area (TPSA) is 90.7 Å². The lowest BCUT2D eigenvalue weighted by Gasteiger charge is -2.28. The second-order valence-corrected chi connectivity index (χ2v) is 7.83. The molecule has 0 radical (unpaired) electrons. The van der Waals surface area contributed by atoms with Crippen molar-refractivity contribution in [2.75, 3.05) is 11.9 Å². The van der Waals surface area contributed by atoms with Crippen LogP contribution in [0.2, 0.25) is 0 Å². The summed E-state index contributed by atoms with van der Waals surface area (Å²) in [7, 11) is 0. The van der Waals surface area contributed by atoms with E-state index in [1.165, 1.54) is 23.1 Å². The molecule has 2 atom stereocenters. The van der Waals surface area contributed by atoms with Crippen LogP contribution in [0.3, 0.4) is 0 Å². The van der Waals surface area contributed by atoms with E-state index in [1.54, 1.807) is 19.9 Å². The lowest BCUT2D eigenvalue weighted by molar-refractivity contribution is -0.121. The van der Waals surface area contributed by atoms with Gasteiger partial charge in [0.2, 0.25) is 11.0 Å². The zero-order chi connectivity index (χ0) is 16.8. The quantitative estimate of drug-likeness (QED) is 0.559. The molecule has 22 heavy (non-hydrogen) atoms. The fraction of sp³-hybridized carbons (Fsp3) is 0.571. The Morgan fingerprint density at radius 2 is 2.23 bits per heavy atom. The maximum atomic E-state index is 12.2. The van der Waals surface area contributed by atoms with Gasteiger partial charge in [0.15, 0.2) is 4.34 Å². The fourth-order valence-electron chi connectivity index (χ4n) is 1.35. The van der Waals surface area contributed by atoms with Crippen molar-refractivity contribution in [2.45, 2.75) is 42.8 Å². The summed E-state index contributed by atoms with van der Waals surface area (Å²) < 4.78 is 0.706. The first-order valence-corrected chi connectivity index (χ1v) is 8.60. The van der Waals surface area contributed by atoms with Crippen LogP contribution >= 0.6 is 23.1 Å². The summed E-state index contributed by atoms with van der Waals surface area (Å²) in [6, 6.07) is 2.17. The largest absolute Gasteiger partial charge is 0.357 e. The SMILES string of the molecule is C=CCNc1nnc(S[C@@H](C)C(=O)N[C@@](C)(C#N)C(C)C)s1. The van der Waals surface area contributed by atoms with E-state index >= 15 is 0 Å². The second-order valence-electron chi connectivity index (χ2n) is 5.26. The van der Waals surface area contributed by atoms with Crippen molar-refractivity contribution in [3.63, 3.8) is 0 Å². The maximum absolute atomic E-state index is 12.2. The zero-order valence-electron chi connectivity index (χ0n) is 13.2. The number of nitrogens with zero attached hydrogens (tertiary/aromatic N) is 3. The number of amides is 1. The number of anilines is 1. The van der Waals surface area contributed by atoms with Crippen LogP contribution in [0, 0.1) is 17.2 Å². The van der Waals surface area contributed by atoms with E-state index in [2.05, 4.69) is 33.5 Å². The summed E-state index contributed by atoms with van der Waals surface area (Å²) in [5.74, 6) is -0.159. The highest BCUT2D eigenvalue weighted by atomic mass is 32.2. The number of nitrogens with one attached hydrogen (secondary N) is 2. The van der Waals surface area contributed by atoms with Crippen molar-refractivity contribution in [3.05, 3.63) is 12.7 Å². The third-order valence-electron chi connectivity index (χ3n) is 3.22. The van der Waals surface area contributed by atoms with E-state index < -0.39 is 5.54 Å². The van der Waals surface area contributed by atoms with Gasteiger partial charge in [-0.05, 0) is 19.8 Å². The molecule has 8 heteroatoms. The van der Waals surface area contributed by atoms with E-state index in [4.69, 9.17) is 0 Å². The molecule has 1 heterocycles. The number of hydrogen-bond donors (Lipinski definition) is 2. The van der Waals surface area contributed by atoms with Gasteiger partial charge in [0.05, 0.1) is 11.3 Å². The molecule has 0 aliphatic heterocycles. The molecular formula is C14H21N5OS2. The van der Waals surface area contributed by atoms with Crippen molar-refractivity contribution < 1.29 is 4.79 Å². The first kappa shape index (κ1) is 18.5. The van der Waals surface area contributed by atoms with Crippen LogP contribution in [0.25, 0.3) is 0 Å². The molecule has 0 bridgehead atoms. The molecule has 6 nitrogen and oxygen atoms in total. The number of rotatable bonds is 8. The highest BCUT2D eigenvalue weighted by Gasteiger charge is 2.32. The number of carbonyl (C=O) groups excluding carboxylic acids is 1. The first-order chi connectivity index (χ1) is 10.3. The van der Waals surface area contributed by atoms with Gasteiger partial charge in [0.25, 0.3) is 0 Å². The highest BCUT2D eigenvalue weighted by molar-refractivity contribution is 8.02. The maximum Gasteiger partial charge on any atom is 0.234 e. The van der Waals surface area contributed by atoms with Crippen LogP contribution < -0.4 is 10.6 Å². The number of carbonyl (C=O) groups is 1. The van der Waals surface area contributed by atoms with Gasteiger partial charge in [-0.3, -0.25) is 4.79 Å². The lowest BCUT2D eigenvalue weighted by Crippen LogP contribution is -2.51. The molecule has 1 aromatic heterocycles. The summed E-state index contributed by atoms with van der Waals surface area (Å²) in [6.45, 7) is 11.6. The second kappa shape index (κ2) is 8.15. The van der Waals surface area contributed by atoms with Gasteiger partial charge in [-0.1, -0.05) is 43.0 Å². The molecule has 0 saturated heterocycles.